The summed E-state index contributed by atoms with van der Waals surface area (Å²) in [6.45, 7) is 1.19. The van der Waals surface area contributed by atoms with Gasteiger partial charge in [-0.1, -0.05) is 0 Å². The molecule has 0 spiro atoms. The Morgan fingerprint density at radius 3 is 1.00 bits per heavy atom. The van der Waals surface area contributed by atoms with Crippen LogP contribution >= 0.6 is 0 Å². The summed E-state index contributed by atoms with van der Waals surface area (Å²) in [6, 6.07) is 0. The molecule has 0 saturated carbocycles. The Morgan fingerprint density at radius 1 is 0.857 bits per heavy atom. The Balaban J connectivity index is -0.0000000150. The van der Waals surface area contributed by atoms with Gasteiger partial charge in [0.2, 0.25) is 0 Å². The van der Waals surface area contributed by atoms with E-state index >= 15 is 0 Å². The SMILES string of the molecule is NCCN.[Cd+2].[OH-].[OH-]. The van der Waals surface area contributed by atoms with Gasteiger partial charge in [-0.15, -0.1) is 0 Å². The van der Waals surface area contributed by atoms with Crippen LogP contribution in [0, 0.1) is 0 Å². The molecular weight excluding hydrogens is 196 g/mol. The minimum atomic E-state index is 0. The van der Waals surface area contributed by atoms with Gasteiger partial charge in [-0.05, 0) is 0 Å². The zero-order chi connectivity index (χ0) is 3.41. The van der Waals surface area contributed by atoms with Gasteiger partial charge in [0.1, 0.15) is 0 Å². The van der Waals surface area contributed by atoms with E-state index in [1.807, 2.05) is 0 Å². The summed E-state index contributed by atoms with van der Waals surface area (Å²) in [5, 5.41) is 0. The van der Waals surface area contributed by atoms with Crippen molar-refractivity contribution in [2.75, 3.05) is 13.1 Å². The molecular formula is C2H10CdN2O2. The van der Waals surface area contributed by atoms with Gasteiger partial charge in [-0.2, -0.15) is 0 Å². The molecule has 5 heteroatoms. The fourth-order valence-corrected chi connectivity index (χ4v) is 0. The van der Waals surface area contributed by atoms with E-state index in [9.17, 15) is 0 Å². The van der Waals surface area contributed by atoms with Crippen molar-refractivity contribution in [2.45, 2.75) is 0 Å². The van der Waals surface area contributed by atoms with Gasteiger partial charge in [0.25, 0.3) is 0 Å². The van der Waals surface area contributed by atoms with Crippen molar-refractivity contribution in [2.24, 2.45) is 11.5 Å². The standard InChI is InChI=1S/C2H8N2.Cd.2H2O/c3-1-2-4;;;/h1-4H2;;2*1H2/q;+2;;/p-2. The Morgan fingerprint density at radius 2 is 1.00 bits per heavy atom. The average molecular weight is 207 g/mol. The summed E-state index contributed by atoms with van der Waals surface area (Å²) in [5.74, 6) is 0. The molecule has 0 radical (unpaired) electrons. The van der Waals surface area contributed by atoms with Crippen molar-refractivity contribution in [3.05, 3.63) is 0 Å². The predicted molar refractivity (Wildman–Crippen MR) is 22.0 cm³/mol. The molecule has 42 valence electrons. The van der Waals surface area contributed by atoms with E-state index in [0.29, 0.717) is 13.1 Å². The van der Waals surface area contributed by atoms with Crippen LogP contribution < -0.4 is 11.5 Å². The third-order valence-corrected chi connectivity index (χ3v) is 0.167. The quantitative estimate of drug-likeness (QED) is 0.511. The van der Waals surface area contributed by atoms with Crippen LogP contribution in [-0.2, 0) is 27.3 Å². The molecule has 0 bridgehead atoms. The van der Waals surface area contributed by atoms with E-state index in [1.165, 1.54) is 0 Å². The zero-order valence-electron chi connectivity index (χ0n) is 4.17. The van der Waals surface area contributed by atoms with Crippen molar-refractivity contribution >= 4 is 0 Å². The first kappa shape index (κ1) is 25.1. The van der Waals surface area contributed by atoms with Gasteiger partial charge in [-0.3, -0.25) is 0 Å². The summed E-state index contributed by atoms with van der Waals surface area (Å²) >= 11 is 0. The van der Waals surface area contributed by atoms with E-state index in [0.717, 1.165) is 0 Å². The monoisotopic (exact) mass is 208 g/mol. The molecule has 0 aliphatic heterocycles. The summed E-state index contributed by atoms with van der Waals surface area (Å²) in [5.41, 5.74) is 9.81. The normalized spacial score (nSPS) is 4.29. The maximum absolute atomic E-state index is 4.90. The largest absolute Gasteiger partial charge is 2.00 e. The van der Waals surface area contributed by atoms with Gasteiger partial charge < -0.3 is 22.4 Å². The molecule has 0 aliphatic rings. The Hall–Kier alpha value is 0.762. The first-order valence-electron chi connectivity index (χ1n) is 1.32. The molecule has 4 nitrogen and oxygen atoms in total. The molecule has 6 N–H and O–H groups in total. The van der Waals surface area contributed by atoms with Gasteiger partial charge in [0, 0.05) is 13.1 Å². The van der Waals surface area contributed by atoms with Crippen LogP contribution in [0.5, 0.6) is 0 Å². The molecule has 0 rings (SSSR count). The van der Waals surface area contributed by atoms with Gasteiger partial charge in [0.05, 0.1) is 0 Å². The molecule has 0 saturated heterocycles. The van der Waals surface area contributed by atoms with Crippen LogP contribution in [-0.4, -0.2) is 24.0 Å². The van der Waals surface area contributed by atoms with E-state index in [4.69, 9.17) is 11.5 Å². The van der Waals surface area contributed by atoms with Crippen LogP contribution in [0.25, 0.3) is 0 Å². The number of hydrogen-bond donors (Lipinski definition) is 2. The summed E-state index contributed by atoms with van der Waals surface area (Å²) in [6.07, 6.45) is 0. The maximum Gasteiger partial charge on any atom is 2.00 e. The Bertz CT molecular complexity index is 15.7. The topological polar surface area (TPSA) is 112 Å². The smallest absolute Gasteiger partial charge is 0.870 e. The average Bonchev–Trinajstić information content (AvgIpc) is 1.37. The summed E-state index contributed by atoms with van der Waals surface area (Å²) < 4.78 is 0. The molecule has 0 fully saturated rings. The van der Waals surface area contributed by atoms with Gasteiger partial charge >= 0.3 is 27.3 Å². The Kier molecular flexibility index (Phi) is 105. The van der Waals surface area contributed by atoms with Crippen LogP contribution in [0.1, 0.15) is 0 Å². The van der Waals surface area contributed by atoms with Crippen LogP contribution in [0.3, 0.4) is 0 Å². The van der Waals surface area contributed by atoms with Crippen LogP contribution in [0.15, 0.2) is 0 Å². The minimum Gasteiger partial charge on any atom is -0.870 e. The molecule has 0 aliphatic carbocycles. The Labute approximate surface area is 63.0 Å². The third kappa shape index (κ3) is 49.4. The summed E-state index contributed by atoms with van der Waals surface area (Å²) in [7, 11) is 0. The minimum absolute atomic E-state index is 0. The van der Waals surface area contributed by atoms with E-state index < -0.39 is 0 Å². The van der Waals surface area contributed by atoms with Crippen molar-refractivity contribution in [3.63, 3.8) is 0 Å². The second-order valence-corrected chi connectivity index (χ2v) is 0.577. The number of rotatable bonds is 1. The van der Waals surface area contributed by atoms with Gasteiger partial charge in [-0.25, -0.2) is 0 Å². The molecule has 0 aromatic heterocycles. The van der Waals surface area contributed by atoms with Crippen molar-refractivity contribution in [1.29, 1.82) is 0 Å². The number of nitrogens with two attached hydrogens (primary N) is 2. The summed E-state index contributed by atoms with van der Waals surface area (Å²) in [4.78, 5) is 0. The number of hydrogen-bond acceptors (Lipinski definition) is 4. The molecule has 0 aromatic carbocycles. The second kappa shape index (κ2) is 29.4. The molecule has 0 unspecified atom stereocenters. The van der Waals surface area contributed by atoms with Gasteiger partial charge in [0.15, 0.2) is 0 Å². The first-order chi connectivity index (χ1) is 1.91. The van der Waals surface area contributed by atoms with Crippen molar-refractivity contribution in [3.8, 4) is 0 Å². The second-order valence-electron chi connectivity index (χ2n) is 0.577. The molecule has 7 heavy (non-hydrogen) atoms. The molecule has 0 atom stereocenters. The third-order valence-electron chi connectivity index (χ3n) is 0.167. The van der Waals surface area contributed by atoms with Crippen molar-refractivity contribution in [1.82, 2.24) is 0 Å². The molecule has 0 amide bonds. The maximum atomic E-state index is 4.90. The fourth-order valence-electron chi connectivity index (χ4n) is 0. The fraction of sp³-hybridized carbons (Fsp3) is 1.00. The zero-order valence-corrected chi connectivity index (χ0v) is 8.21. The molecule has 0 heterocycles. The van der Waals surface area contributed by atoms with E-state index in [-0.39, 0.29) is 38.3 Å². The van der Waals surface area contributed by atoms with Crippen molar-refractivity contribution < 1.29 is 38.3 Å². The van der Waals surface area contributed by atoms with Crippen LogP contribution in [0.2, 0.25) is 0 Å². The van der Waals surface area contributed by atoms with E-state index in [1.54, 1.807) is 0 Å². The van der Waals surface area contributed by atoms with E-state index in [2.05, 4.69) is 0 Å². The predicted octanol–water partition coefficient (Wildman–Crippen LogP) is -1.45. The first-order valence-corrected chi connectivity index (χ1v) is 1.32. The molecule has 0 aromatic rings. The van der Waals surface area contributed by atoms with Crippen LogP contribution in [0.4, 0.5) is 0 Å².